The number of anilines is 2. The predicted molar refractivity (Wildman–Crippen MR) is 95.8 cm³/mol. The van der Waals surface area contributed by atoms with Crippen LogP contribution in [0.2, 0.25) is 0 Å². The zero-order valence-electron chi connectivity index (χ0n) is 14.3. The summed E-state index contributed by atoms with van der Waals surface area (Å²) >= 11 is 0. The SMILES string of the molecule is Cc1ccc(N2C(=O)Cc3c(C(N)=O)nc(-c4cccnc4F)nc32)cc1. The monoisotopic (exact) mass is 363 g/mol. The predicted octanol–water partition coefficient (Wildman–Crippen LogP) is 2.31. The molecule has 3 heterocycles. The fourth-order valence-corrected chi connectivity index (χ4v) is 3.01. The topological polar surface area (TPSA) is 102 Å². The van der Waals surface area contributed by atoms with Crippen LogP contribution in [0.4, 0.5) is 15.9 Å². The summed E-state index contributed by atoms with van der Waals surface area (Å²) in [4.78, 5) is 38.0. The fraction of sp³-hybridized carbons (Fsp3) is 0.105. The van der Waals surface area contributed by atoms with E-state index in [0.29, 0.717) is 11.3 Å². The maximum Gasteiger partial charge on any atom is 0.267 e. The molecule has 0 saturated heterocycles. The Balaban J connectivity index is 1.94. The Bertz CT molecular complexity index is 1080. The van der Waals surface area contributed by atoms with Crippen molar-refractivity contribution in [2.24, 2.45) is 5.73 Å². The Morgan fingerprint density at radius 1 is 1.19 bits per heavy atom. The van der Waals surface area contributed by atoms with E-state index in [0.717, 1.165) is 5.56 Å². The van der Waals surface area contributed by atoms with E-state index in [9.17, 15) is 14.0 Å². The maximum atomic E-state index is 14.1. The van der Waals surface area contributed by atoms with E-state index in [1.807, 2.05) is 19.1 Å². The number of halogens is 1. The molecule has 1 aliphatic heterocycles. The van der Waals surface area contributed by atoms with Crippen molar-refractivity contribution in [3.05, 3.63) is 65.4 Å². The van der Waals surface area contributed by atoms with E-state index in [1.165, 1.54) is 23.2 Å². The van der Waals surface area contributed by atoms with Crippen molar-refractivity contribution in [2.45, 2.75) is 13.3 Å². The van der Waals surface area contributed by atoms with Gasteiger partial charge in [0.05, 0.1) is 17.7 Å². The van der Waals surface area contributed by atoms with Crippen LogP contribution in [0.5, 0.6) is 0 Å². The number of rotatable bonds is 3. The Kier molecular flexibility index (Phi) is 3.88. The van der Waals surface area contributed by atoms with Crippen LogP contribution in [0.25, 0.3) is 11.4 Å². The van der Waals surface area contributed by atoms with Crippen molar-refractivity contribution < 1.29 is 14.0 Å². The third-order valence-electron chi connectivity index (χ3n) is 4.30. The normalized spacial score (nSPS) is 13.0. The lowest BCUT2D eigenvalue weighted by Crippen LogP contribution is -2.21. The highest BCUT2D eigenvalue weighted by Gasteiger charge is 2.35. The fourth-order valence-electron chi connectivity index (χ4n) is 3.01. The third-order valence-corrected chi connectivity index (χ3v) is 4.30. The van der Waals surface area contributed by atoms with Gasteiger partial charge in [0.15, 0.2) is 5.82 Å². The lowest BCUT2D eigenvalue weighted by molar-refractivity contribution is -0.116. The highest BCUT2D eigenvalue weighted by atomic mass is 19.1. The third kappa shape index (κ3) is 2.80. The summed E-state index contributed by atoms with van der Waals surface area (Å²) in [5.41, 5.74) is 7.34. The first-order valence-electron chi connectivity index (χ1n) is 8.17. The summed E-state index contributed by atoms with van der Waals surface area (Å²) in [5.74, 6) is -1.68. The van der Waals surface area contributed by atoms with Gasteiger partial charge in [-0.25, -0.2) is 15.0 Å². The molecule has 8 heteroatoms. The lowest BCUT2D eigenvalue weighted by Gasteiger charge is -2.17. The summed E-state index contributed by atoms with van der Waals surface area (Å²) in [6.07, 6.45) is 1.24. The second-order valence-corrected chi connectivity index (χ2v) is 6.15. The van der Waals surface area contributed by atoms with Gasteiger partial charge in [-0.05, 0) is 31.2 Å². The Morgan fingerprint density at radius 3 is 2.59 bits per heavy atom. The number of aromatic nitrogens is 3. The first-order chi connectivity index (χ1) is 13.0. The van der Waals surface area contributed by atoms with E-state index in [4.69, 9.17) is 5.73 Å². The second-order valence-electron chi connectivity index (χ2n) is 6.15. The molecule has 0 radical (unpaired) electrons. The molecule has 134 valence electrons. The Hall–Kier alpha value is -3.68. The van der Waals surface area contributed by atoms with Crippen molar-refractivity contribution in [2.75, 3.05) is 4.90 Å². The minimum Gasteiger partial charge on any atom is -0.364 e. The van der Waals surface area contributed by atoms with Crippen molar-refractivity contribution in [3.63, 3.8) is 0 Å². The molecule has 1 aromatic carbocycles. The van der Waals surface area contributed by atoms with Crippen molar-refractivity contribution in [1.82, 2.24) is 15.0 Å². The van der Waals surface area contributed by atoms with E-state index >= 15 is 0 Å². The summed E-state index contributed by atoms with van der Waals surface area (Å²) < 4.78 is 14.1. The molecule has 3 aromatic rings. The van der Waals surface area contributed by atoms with E-state index in [1.54, 1.807) is 12.1 Å². The zero-order chi connectivity index (χ0) is 19.1. The Labute approximate surface area is 153 Å². The molecule has 0 spiro atoms. The number of benzene rings is 1. The average molecular weight is 363 g/mol. The standard InChI is InChI=1S/C19H14FN5O2/c1-10-4-6-11(7-5-10)25-14(26)9-13-15(17(21)27)23-18(24-19(13)25)12-3-2-8-22-16(12)20/h2-8H,9H2,1H3,(H2,21,27). The molecule has 1 aliphatic rings. The molecule has 0 saturated carbocycles. The average Bonchev–Trinajstić information content (AvgIpc) is 2.97. The van der Waals surface area contributed by atoms with Crippen molar-refractivity contribution in [3.8, 4) is 11.4 Å². The van der Waals surface area contributed by atoms with Crippen LogP contribution < -0.4 is 10.6 Å². The summed E-state index contributed by atoms with van der Waals surface area (Å²) in [6, 6.07) is 10.2. The number of carbonyl (C=O) groups is 2. The smallest absolute Gasteiger partial charge is 0.267 e. The largest absolute Gasteiger partial charge is 0.364 e. The molecule has 0 fully saturated rings. The molecule has 2 aromatic heterocycles. The minimum absolute atomic E-state index is 0.0194. The summed E-state index contributed by atoms with van der Waals surface area (Å²) in [7, 11) is 0. The molecule has 2 amide bonds. The number of hydrogen-bond acceptors (Lipinski definition) is 5. The molecule has 0 aliphatic carbocycles. The number of hydrogen-bond donors (Lipinski definition) is 1. The van der Waals surface area contributed by atoms with Gasteiger partial charge in [0.1, 0.15) is 11.5 Å². The number of pyridine rings is 1. The molecule has 0 unspecified atom stereocenters. The number of nitrogens with zero attached hydrogens (tertiary/aromatic N) is 4. The van der Waals surface area contributed by atoms with E-state index in [2.05, 4.69) is 15.0 Å². The van der Waals surface area contributed by atoms with Gasteiger partial charge >= 0.3 is 0 Å². The van der Waals surface area contributed by atoms with Crippen LogP contribution in [-0.4, -0.2) is 26.8 Å². The van der Waals surface area contributed by atoms with Gasteiger partial charge < -0.3 is 5.73 Å². The van der Waals surface area contributed by atoms with Crippen molar-refractivity contribution in [1.29, 1.82) is 0 Å². The Morgan fingerprint density at radius 2 is 1.93 bits per heavy atom. The molecular formula is C19H14FN5O2. The number of fused-ring (bicyclic) bond motifs is 1. The molecular weight excluding hydrogens is 349 g/mol. The van der Waals surface area contributed by atoms with Crippen LogP contribution >= 0.6 is 0 Å². The van der Waals surface area contributed by atoms with Gasteiger partial charge in [-0.15, -0.1) is 0 Å². The molecule has 2 N–H and O–H groups in total. The number of nitrogens with two attached hydrogens (primary N) is 1. The quantitative estimate of drug-likeness (QED) is 0.720. The summed E-state index contributed by atoms with van der Waals surface area (Å²) in [5, 5.41) is 0. The molecule has 0 bridgehead atoms. The maximum absolute atomic E-state index is 14.1. The van der Waals surface area contributed by atoms with Crippen LogP contribution in [-0.2, 0) is 11.2 Å². The molecule has 4 rings (SSSR count). The van der Waals surface area contributed by atoms with Gasteiger partial charge in [-0.2, -0.15) is 4.39 Å². The highest BCUT2D eigenvalue weighted by Crippen LogP contribution is 2.36. The van der Waals surface area contributed by atoms with Gasteiger partial charge in [-0.1, -0.05) is 17.7 Å². The number of primary amides is 1. The first-order valence-corrected chi connectivity index (χ1v) is 8.17. The van der Waals surface area contributed by atoms with Crippen LogP contribution in [0.1, 0.15) is 21.6 Å². The first kappa shape index (κ1) is 16.8. The van der Waals surface area contributed by atoms with Gasteiger partial charge in [0.2, 0.25) is 11.9 Å². The van der Waals surface area contributed by atoms with Gasteiger partial charge in [-0.3, -0.25) is 14.5 Å². The van der Waals surface area contributed by atoms with Crippen LogP contribution in [0.3, 0.4) is 0 Å². The van der Waals surface area contributed by atoms with Crippen LogP contribution in [0, 0.1) is 12.9 Å². The van der Waals surface area contributed by atoms with E-state index < -0.39 is 11.9 Å². The minimum atomic E-state index is -0.808. The lowest BCUT2D eigenvalue weighted by atomic mass is 10.1. The highest BCUT2D eigenvalue weighted by molar-refractivity contribution is 6.09. The summed E-state index contributed by atoms with van der Waals surface area (Å²) in [6.45, 7) is 1.93. The van der Waals surface area contributed by atoms with Gasteiger partial charge in [0.25, 0.3) is 5.91 Å². The molecule has 0 atom stereocenters. The second kappa shape index (κ2) is 6.24. The number of carbonyl (C=O) groups excluding carboxylic acids is 2. The number of amides is 2. The van der Waals surface area contributed by atoms with Crippen molar-refractivity contribution >= 4 is 23.3 Å². The molecule has 7 nitrogen and oxygen atoms in total. The molecule has 27 heavy (non-hydrogen) atoms. The van der Waals surface area contributed by atoms with Crippen LogP contribution in [0.15, 0.2) is 42.6 Å². The van der Waals surface area contributed by atoms with E-state index in [-0.39, 0.29) is 35.2 Å². The zero-order valence-corrected chi connectivity index (χ0v) is 14.3. The number of aryl methyl sites for hydroxylation is 1. The van der Waals surface area contributed by atoms with Gasteiger partial charge in [0, 0.05) is 11.8 Å².